The van der Waals surface area contributed by atoms with Crippen molar-refractivity contribution in [3.8, 4) is 0 Å². The van der Waals surface area contributed by atoms with Crippen molar-refractivity contribution in [2.24, 2.45) is 0 Å². The lowest BCUT2D eigenvalue weighted by molar-refractivity contribution is 0.640. The Hall–Kier alpha value is -1.38. The molecule has 1 aromatic heterocycles. The number of nitrogens with one attached hydrogen (secondary N) is 1. The fourth-order valence-corrected chi connectivity index (χ4v) is 0.932. The van der Waals surface area contributed by atoms with Crippen LogP contribution < -0.4 is 0 Å². The highest BCUT2D eigenvalue weighted by Gasteiger charge is 1.98. The minimum Gasteiger partial charge on any atom is -0.278 e. The van der Waals surface area contributed by atoms with Crippen molar-refractivity contribution < 1.29 is 5.82 Å². The van der Waals surface area contributed by atoms with Crippen molar-refractivity contribution >= 4 is 10.9 Å². The molecule has 1 aromatic carbocycles. The van der Waals surface area contributed by atoms with Gasteiger partial charge in [-0.3, -0.25) is 5.10 Å². The maximum atomic E-state index is 12.8. The molecule has 0 saturated carbocycles. The molecule has 0 saturated heterocycles. The molecule has 2 nitrogen and oxygen atoms in total. The number of hydrogen-bond acceptors (Lipinski definition) is 1. The van der Waals surface area contributed by atoms with Crippen molar-refractivity contribution in [2.45, 2.75) is 0 Å². The zero-order valence-electron chi connectivity index (χ0n) is 5.13. The standard InChI is InChI=1S/C7H5FN2.H2/c8-6-2-1-3-7-5(6)4-9-10-7;/h1-4H,(H,9,10);1H. The maximum absolute atomic E-state index is 12.8. The van der Waals surface area contributed by atoms with Gasteiger partial charge >= 0.3 is 0 Å². The molecule has 3 heteroatoms. The van der Waals surface area contributed by atoms with Gasteiger partial charge in [0.25, 0.3) is 0 Å². The molecular weight excluding hydrogens is 131 g/mol. The molecule has 52 valence electrons. The van der Waals surface area contributed by atoms with E-state index in [1.165, 1.54) is 12.3 Å². The summed E-state index contributed by atoms with van der Waals surface area (Å²) >= 11 is 0. The van der Waals surface area contributed by atoms with Crippen LogP contribution >= 0.6 is 0 Å². The summed E-state index contributed by atoms with van der Waals surface area (Å²) in [4.78, 5) is 0. The third kappa shape index (κ3) is 0.603. The van der Waals surface area contributed by atoms with Crippen LogP contribution in [0.25, 0.3) is 10.9 Å². The highest BCUT2D eigenvalue weighted by atomic mass is 19.1. The van der Waals surface area contributed by atoms with E-state index in [4.69, 9.17) is 0 Å². The number of aromatic nitrogens is 2. The van der Waals surface area contributed by atoms with E-state index >= 15 is 0 Å². The van der Waals surface area contributed by atoms with E-state index < -0.39 is 0 Å². The van der Waals surface area contributed by atoms with E-state index in [0.29, 0.717) is 5.39 Å². The van der Waals surface area contributed by atoms with Crippen LogP contribution in [0, 0.1) is 5.82 Å². The molecule has 0 aliphatic rings. The first-order chi connectivity index (χ1) is 4.88. The minimum absolute atomic E-state index is 0. The van der Waals surface area contributed by atoms with Crippen molar-refractivity contribution in [2.75, 3.05) is 0 Å². The number of halogens is 1. The fraction of sp³-hybridized carbons (Fsp3) is 0. The number of nitrogens with zero attached hydrogens (tertiary/aromatic N) is 1. The molecule has 0 aliphatic carbocycles. The zero-order valence-corrected chi connectivity index (χ0v) is 5.13. The first kappa shape index (κ1) is 5.41. The first-order valence-corrected chi connectivity index (χ1v) is 2.95. The van der Waals surface area contributed by atoms with Crippen LogP contribution in [0.4, 0.5) is 4.39 Å². The van der Waals surface area contributed by atoms with Crippen LogP contribution in [0.15, 0.2) is 24.4 Å². The predicted octanol–water partition coefficient (Wildman–Crippen LogP) is 1.95. The van der Waals surface area contributed by atoms with Crippen LogP contribution in [0.3, 0.4) is 0 Å². The Labute approximate surface area is 58.2 Å². The third-order valence-corrected chi connectivity index (χ3v) is 1.43. The second-order valence-corrected chi connectivity index (χ2v) is 2.07. The van der Waals surface area contributed by atoms with Gasteiger partial charge in [-0.05, 0) is 12.1 Å². The van der Waals surface area contributed by atoms with E-state index in [0.717, 1.165) is 5.52 Å². The first-order valence-electron chi connectivity index (χ1n) is 2.95. The zero-order chi connectivity index (χ0) is 6.97. The molecule has 10 heavy (non-hydrogen) atoms. The highest BCUT2D eigenvalue weighted by Crippen LogP contribution is 2.12. The van der Waals surface area contributed by atoms with Gasteiger partial charge in [0.05, 0.1) is 17.1 Å². The molecule has 0 radical (unpaired) electrons. The molecule has 0 fully saturated rings. The van der Waals surface area contributed by atoms with Gasteiger partial charge in [-0.15, -0.1) is 0 Å². The molecule has 0 aliphatic heterocycles. The third-order valence-electron chi connectivity index (χ3n) is 1.43. The second kappa shape index (κ2) is 1.80. The Morgan fingerprint density at radius 3 is 3.20 bits per heavy atom. The highest BCUT2D eigenvalue weighted by molar-refractivity contribution is 5.78. The minimum atomic E-state index is -0.230. The number of H-pyrrole nitrogens is 1. The maximum Gasteiger partial charge on any atom is 0.134 e. The summed E-state index contributed by atoms with van der Waals surface area (Å²) in [6.07, 6.45) is 1.48. The number of rotatable bonds is 0. The van der Waals surface area contributed by atoms with Gasteiger partial charge in [0, 0.05) is 1.43 Å². The van der Waals surface area contributed by atoms with Gasteiger partial charge in [-0.25, -0.2) is 4.39 Å². The predicted molar refractivity (Wildman–Crippen MR) is 38.2 cm³/mol. The number of fused-ring (bicyclic) bond motifs is 1. The van der Waals surface area contributed by atoms with Crippen molar-refractivity contribution in [1.29, 1.82) is 0 Å². The molecule has 2 rings (SSSR count). The van der Waals surface area contributed by atoms with Gasteiger partial charge in [-0.2, -0.15) is 5.10 Å². The van der Waals surface area contributed by atoms with Crippen molar-refractivity contribution in [1.82, 2.24) is 10.2 Å². The quantitative estimate of drug-likeness (QED) is 0.592. The molecule has 0 amide bonds. The topological polar surface area (TPSA) is 28.7 Å². The van der Waals surface area contributed by atoms with E-state index in [-0.39, 0.29) is 7.24 Å². The molecular formula is C7H7FN2. The molecule has 0 bridgehead atoms. The van der Waals surface area contributed by atoms with Crippen LogP contribution in [-0.2, 0) is 0 Å². The normalized spacial score (nSPS) is 10.5. The monoisotopic (exact) mass is 138 g/mol. The average Bonchev–Trinajstić information content (AvgIpc) is 2.36. The number of benzene rings is 1. The van der Waals surface area contributed by atoms with Gasteiger partial charge in [0.15, 0.2) is 0 Å². The lowest BCUT2D eigenvalue weighted by atomic mass is 10.2. The molecule has 1 heterocycles. The van der Waals surface area contributed by atoms with Crippen LogP contribution in [0.5, 0.6) is 0 Å². The van der Waals surface area contributed by atoms with E-state index in [2.05, 4.69) is 10.2 Å². The lowest BCUT2D eigenvalue weighted by Crippen LogP contribution is -1.72. The molecule has 0 unspecified atom stereocenters. The Morgan fingerprint density at radius 1 is 1.50 bits per heavy atom. The SMILES string of the molecule is Fc1cccc2[nH]ncc12.[HH]. The molecule has 2 aromatic rings. The average molecular weight is 138 g/mol. The van der Waals surface area contributed by atoms with Crippen LogP contribution in [0.2, 0.25) is 0 Å². The summed E-state index contributed by atoms with van der Waals surface area (Å²) in [6, 6.07) is 4.85. The van der Waals surface area contributed by atoms with Crippen molar-refractivity contribution in [3.63, 3.8) is 0 Å². The van der Waals surface area contributed by atoms with E-state index in [1.807, 2.05) is 0 Å². The second-order valence-electron chi connectivity index (χ2n) is 2.07. The number of aromatic amines is 1. The van der Waals surface area contributed by atoms with Gasteiger partial charge < -0.3 is 0 Å². The number of hydrogen-bond donors (Lipinski definition) is 1. The largest absolute Gasteiger partial charge is 0.278 e. The Morgan fingerprint density at radius 2 is 2.40 bits per heavy atom. The van der Waals surface area contributed by atoms with Crippen LogP contribution in [-0.4, -0.2) is 10.2 Å². The van der Waals surface area contributed by atoms with E-state index in [1.54, 1.807) is 12.1 Å². The lowest BCUT2D eigenvalue weighted by Gasteiger charge is -1.87. The summed E-state index contributed by atoms with van der Waals surface area (Å²) in [6.45, 7) is 0. The van der Waals surface area contributed by atoms with Gasteiger partial charge in [-0.1, -0.05) is 6.07 Å². The Balaban J connectivity index is 0.000000605. The van der Waals surface area contributed by atoms with E-state index in [9.17, 15) is 4.39 Å². The fourth-order valence-electron chi connectivity index (χ4n) is 0.932. The van der Waals surface area contributed by atoms with Crippen molar-refractivity contribution in [3.05, 3.63) is 30.2 Å². The molecule has 0 spiro atoms. The smallest absolute Gasteiger partial charge is 0.134 e. The van der Waals surface area contributed by atoms with Crippen LogP contribution in [0.1, 0.15) is 1.43 Å². The van der Waals surface area contributed by atoms with Gasteiger partial charge in [0.2, 0.25) is 0 Å². The van der Waals surface area contributed by atoms with Gasteiger partial charge in [0.1, 0.15) is 5.82 Å². The Bertz CT molecular complexity index is 358. The summed E-state index contributed by atoms with van der Waals surface area (Å²) in [5, 5.41) is 6.91. The molecule has 0 atom stereocenters. The summed E-state index contributed by atoms with van der Waals surface area (Å²) in [5.41, 5.74) is 0.736. The summed E-state index contributed by atoms with van der Waals surface area (Å²) in [5.74, 6) is -0.230. The summed E-state index contributed by atoms with van der Waals surface area (Å²) < 4.78 is 12.8. The Kier molecular flexibility index (Phi) is 0.974. The summed E-state index contributed by atoms with van der Waals surface area (Å²) in [7, 11) is 0. The molecule has 1 N–H and O–H groups in total.